The quantitative estimate of drug-likeness (QED) is 0.244. The number of benzene rings is 1. The lowest BCUT2D eigenvalue weighted by Gasteiger charge is -2.07. The van der Waals surface area contributed by atoms with Crippen molar-refractivity contribution in [1.29, 1.82) is 0 Å². The van der Waals surface area contributed by atoms with Gasteiger partial charge in [-0.1, -0.05) is 29.3 Å². The Morgan fingerprint density at radius 1 is 1.23 bits per heavy atom. The van der Waals surface area contributed by atoms with E-state index in [-0.39, 0.29) is 0 Å². The van der Waals surface area contributed by atoms with Crippen molar-refractivity contribution < 1.29 is 9.94 Å². The fourth-order valence-corrected chi connectivity index (χ4v) is 2.51. The standard InChI is InChI=1S/C20H18N4O2/c1-26-20-10-9-15(24-19(20)14-23-25)6-4-5-12-21-18-11-13-22-17-8-3-2-7-16(17)18/h2-3,7-11,13-14,25H,5,12H2,1H3,(H,21,22). The molecular formula is C20H18N4O2. The van der Waals surface area contributed by atoms with E-state index in [1.807, 2.05) is 30.3 Å². The van der Waals surface area contributed by atoms with Crippen molar-refractivity contribution in [3.8, 4) is 17.6 Å². The van der Waals surface area contributed by atoms with Crippen LogP contribution in [-0.4, -0.2) is 35.0 Å². The predicted octanol–water partition coefficient (Wildman–Crippen LogP) is 3.30. The van der Waals surface area contributed by atoms with E-state index >= 15 is 0 Å². The number of rotatable bonds is 5. The van der Waals surface area contributed by atoms with Crippen LogP contribution in [0, 0.1) is 11.8 Å². The predicted molar refractivity (Wildman–Crippen MR) is 102 cm³/mol. The van der Waals surface area contributed by atoms with Crippen molar-refractivity contribution in [2.45, 2.75) is 6.42 Å². The van der Waals surface area contributed by atoms with Gasteiger partial charge in [0.15, 0.2) is 0 Å². The van der Waals surface area contributed by atoms with E-state index in [0.29, 0.717) is 30.1 Å². The summed E-state index contributed by atoms with van der Waals surface area (Å²) >= 11 is 0. The van der Waals surface area contributed by atoms with E-state index in [4.69, 9.17) is 9.94 Å². The van der Waals surface area contributed by atoms with Crippen LogP contribution in [0.15, 0.2) is 53.8 Å². The van der Waals surface area contributed by atoms with Crippen molar-refractivity contribution in [2.75, 3.05) is 19.0 Å². The second-order valence-electron chi connectivity index (χ2n) is 5.38. The van der Waals surface area contributed by atoms with Crippen molar-refractivity contribution in [1.82, 2.24) is 9.97 Å². The number of hydrogen-bond acceptors (Lipinski definition) is 6. The summed E-state index contributed by atoms with van der Waals surface area (Å²) in [5, 5.41) is 16.2. The highest BCUT2D eigenvalue weighted by Crippen LogP contribution is 2.20. The molecule has 1 aromatic carbocycles. The van der Waals surface area contributed by atoms with Gasteiger partial charge in [0.1, 0.15) is 17.1 Å². The topological polar surface area (TPSA) is 79.6 Å². The van der Waals surface area contributed by atoms with Gasteiger partial charge in [-0.3, -0.25) is 4.98 Å². The Kier molecular flexibility index (Phi) is 5.63. The van der Waals surface area contributed by atoms with Crippen LogP contribution in [0.1, 0.15) is 17.8 Å². The highest BCUT2D eigenvalue weighted by Gasteiger charge is 2.03. The average molecular weight is 346 g/mol. The van der Waals surface area contributed by atoms with Crippen LogP contribution in [0.4, 0.5) is 5.69 Å². The van der Waals surface area contributed by atoms with Gasteiger partial charge in [0.2, 0.25) is 0 Å². The van der Waals surface area contributed by atoms with E-state index < -0.39 is 0 Å². The average Bonchev–Trinajstić information content (AvgIpc) is 2.68. The van der Waals surface area contributed by atoms with Crippen molar-refractivity contribution in [3.05, 3.63) is 60.0 Å². The molecule has 2 N–H and O–H groups in total. The Labute approximate surface area is 151 Å². The second-order valence-corrected chi connectivity index (χ2v) is 5.38. The van der Waals surface area contributed by atoms with Crippen LogP contribution in [0.3, 0.4) is 0 Å². The lowest BCUT2D eigenvalue weighted by atomic mass is 10.2. The molecule has 0 aliphatic heterocycles. The summed E-state index contributed by atoms with van der Waals surface area (Å²) in [4.78, 5) is 8.64. The summed E-state index contributed by atoms with van der Waals surface area (Å²) in [6, 6.07) is 13.5. The maximum Gasteiger partial charge on any atom is 0.146 e. The molecule has 0 fully saturated rings. The monoisotopic (exact) mass is 346 g/mol. The molecule has 0 radical (unpaired) electrons. The van der Waals surface area contributed by atoms with Crippen LogP contribution in [0.2, 0.25) is 0 Å². The number of hydrogen-bond donors (Lipinski definition) is 2. The van der Waals surface area contributed by atoms with E-state index in [9.17, 15) is 0 Å². The van der Waals surface area contributed by atoms with Crippen LogP contribution < -0.4 is 10.1 Å². The third kappa shape index (κ3) is 4.08. The highest BCUT2D eigenvalue weighted by atomic mass is 16.5. The summed E-state index contributed by atoms with van der Waals surface area (Å²) in [5.74, 6) is 6.62. The summed E-state index contributed by atoms with van der Waals surface area (Å²) in [6.45, 7) is 0.710. The first-order valence-electron chi connectivity index (χ1n) is 8.11. The van der Waals surface area contributed by atoms with Crippen molar-refractivity contribution in [3.63, 3.8) is 0 Å². The Hall–Kier alpha value is -3.59. The molecule has 0 saturated carbocycles. The molecule has 0 saturated heterocycles. The molecule has 3 rings (SSSR count). The molecule has 0 spiro atoms. The molecule has 0 unspecified atom stereocenters. The fraction of sp³-hybridized carbons (Fsp3) is 0.150. The molecule has 0 atom stereocenters. The minimum Gasteiger partial charge on any atom is -0.494 e. The Morgan fingerprint density at radius 3 is 2.96 bits per heavy atom. The van der Waals surface area contributed by atoms with E-state index in [1.54, 1.807) is 18.3 Å². The Morgan fingerprint density at radius 2 is 2.12 bits per heavy atom. The zero-order valence-electron chi connectivity index (χ0n) is 14.3. The number of nitrogens with one attached hydrogen (secondary N) is 1. The minimum absolute atomic E-state index is 0.434. The van der Waals surface area contributed by atoms with Gasteiger partial charge in [-0.25, -0.2) is 4.98 Å². The normalized spacial score (nSPS) is 10.5. The first kappa shape index (κ1) is 17.2. The highest BCUT2D eigenvalue weighted by molar-refractivity contribution is 5.90. The van der Waals surface area contributed by atoms with Gasteiger partial charge in [0.25, 0.3) is 0 Å². The summed E-state index contributed by atoms with van der Waals surface area (Å²) < 4.78 is 5.15. The fourth-order valence-electron chi connectivity index (χ4n) is 2.51. The summed E-state index contributed by atoms with van der Waals surface area (Å²) in [7, 11) is 1.53. The van der Waals surface area contributed by atoms with Gasteiger partial charge in [-0.15, -0.1) is 0 Å². The number of anilines is 1. The third-order valence-electron chi connectivity index (χ3n) is 3.72. The van der Waals surface area contributed by atoms with Crippen molar-refractivity contribution in [2.24, 2.45) is 5.16 Å². The number of para-hydroxylation sites is 1. The van der Waals surface area contributed by atoms with Crippen LogP contribution >= 0.6 is 0 Å². The SMILES string of the molecule is COc1ccc(C#CCCNc2ccnc3ccccc23)nc1C=NO. The zero-order valence-corrected chi connectivity index (χ0v) is 14.3. The number of ether oxygens (including phenoxy) is 1. The maximum atomic E-state index is 8.69. The van der Waals surface area contributed by atoms with Gasteiger partial charge < -0.3 is 15.3 Å². The Bertz CT molecular complexity index is 985. The second kappa shape index (κ2) is 8.49. The lowest BCUT2D eigenvalue weighted by molar-refractivity contribution is 0.321. The number of pyridine rings is 2. The van der Waals surface area contributed by atoms with E-state index in [0.717, 1.165) is 16.6 Å². The largest absolute Gasteiger partial charge is 0.494 e. The first-order chi connectivity index (χ1) is 12.8. The van der Waals surface area contributed by atoms with Gasteiger partial charge in [-0.05, 0) is 30.2 Å². The summed E-state index contributed by atoms with van der Waals surface area (Å²) in [6.07, 6.45) is 3.68. The van der Waals surface area contributed by atoms with Crippen LogP contribution in [0.5, 0.6) is 5.75 Å². The molecule has 2 heterocycles. The van der Waals surface area contributed by atoms with Gasteiger partial charge >= 0.3 is 0 Å². The maximum absolute atomic E-state index is 8.69. The Balaban J connectivity index is 1.63. The molecule has 0 aliphatic rings. The molecule has 3 aromatic rings. The molecule has 0 bridgehead atoms. The molecule has 2 aromatic heterocycles. The molecule has 130 valence electrons. The number of fused-ring (bicyclic) bond motifs is 1. The van der Waals surface area contributed by atoms with Gasteiger partial charge in [0.05, 0.1) is 18.8 Å². The zero-order chi connectivity index (χ0) is 18.2. The van der Waals surface area contributed by atoms with Crippen LogP contribution in [0.25, 0.3) is 10.9 Å². The number of aromatic nitrogens is 2. The first-order valence-corrected chi connectivity index (χ1v) is 8.11. The number of nitrogens with zero attached hydrogens (tertiary/aromatic N) is 3. The lowest BCUT2D eigenvalue weighted by Crippen LogP contribution is -2.01. The third-order valence-corrected chi connectivity index (χ3v) is 3.72. The van der Waals surface area contributed by atoms with E-state index in [2.05, 4.69) is 32.3 Å². The number of methoxy groups -OCH3 is 1. The van der Waals surface area contributed by atoms with Gasteiger partial charge in [-0.2, -0.15) is 0 Å². The molecule has 0 aliphatic carbocycles. The van der Waals surface area contributed by atoms with Crippen molar-refractivity contribution >= 4 is 22.8 Å². The molecule has 26 heavy (non-hydrogen) atoms. The smallest absolute Gasteiger partial charge is 0.146 e. The molecule has 6 nitrogen and oxygen atoms in total. The number of oxime groups is 1. The minimum atomic E-state index is 0.434. The summed E-state index contributed by atoms with van der Waals surface area (Å²) in [5.41, 5.74) is 3.03. The molecule has 0 amide bonds. The van der Waals surface area contributed by atoms with E-state index in [1.165, 1.54) is 13.3 Å². The molecule has 6 heteroatoms. The van der Waals surface area contributed by atoms with Gasteiger partial charge in [0, 0.05) is 30.2 Å². The molecular weight excluding hydrogens is 328 g/mol. The van der Waals surface area contributed by atoms with Crippen LogP contribution in [-0.2, 0) is 0 Å².